The molecule has 0 heterocycles. The highest BCUT2D eigenvalue weighted by Crippen LogP contribution is 2.24. The van der Waals surface area contributed by atoms with Crippen molar-refractivity contribution in [1.29, 1.82) is 0 Å². The Morgan fingerprint density at radius 2 is 1.47 bits per heavy atom. The lowest BCUT2D eigenvalue weighted by Gasteiger charge is -2.23. The summed E-state index contributed by atoms with van der Waals surface area (Å²) in [5, 5.41) is 0. The van der Waals surface area contributed by atoms with Crippen LogP contribution >= 0.6 is 0 Å². The standard InChI is InChI=1S/C14H14N2O2S/c15-14(16-19(17)18,13-9-5-2-6-10-13)11-12-7-3-1-4-8-12/h1-10H,11,15H2. The van der Waals surface area contributed by atoms with Crippen molar-refractivity contribution >= 4 is 10.5 Å². The van der Waals surface area contributed by atoms with E-state index < -0.39 is 16.2 Å². The minimum Gasteiger partial charge on any atom is -0.302 e. The van der Waals surface area contributed by atoms with Crippen molar-refractivity contribution in [3.63, 3.8) is 0 Å². The molecule has 19 heavy (non-hydrogen) atoms. The van der Waals surface area contributed by atoms with Crippen molar-refractivity contribution in [2.45, 2.75) is 12.1 Å². The van der Waals surface area contributed by atoms with Crippen LogP contribution in [0.5, 0.6) is 0 Å². The first-order valence-corrected chi connectivity index (χ1v) is 6.84. The summed E-state index contributed by atoms with van der Waals surface area (Å²) < 4.78 is 25.5. The van der Waals surface area contributed by atoms with E-state index in [0.29, 0.717) is 12.0 Å². The molecule has 0 aromatic heterocycles. The highest BCUT2D eigenvalue weighted by Gasteiger charge is 2.27. The Hall–Kier alpha value is -1.98. The van der Waals surface area contributed by atoms with Crippen LogP contribution in [-0.2, 0) is 22.6 Å². The molecule has 0 aliphatic rings. The van der Waals surface area contributed by atoms with Gasteiger partial charge in [0.25, 0.3) is 0 Å². The van der Waals surface area contributed by atoms with Gasteiger partial charge >= 0.3 is 10.5 Å². The van der Waals surface area contributed by atoms with Crippen molar-refractivity contribution in [3.05, 3.63) is 71.8 Å². The average molecular weight is 274 g/mol. The molecule has 0 fully saturated rings. The zero-order valence-electron chi connectivity index (χ0n) is 10.2. The second-order valence-corrected chi connectivity index (χ2v) is 4.88. The zero-order chi connectivity index (χ0) is 13.7. The summed E-state index contributed by atoms with van der Waals surface area (Å²) in [7, 11) is -2.56. The van der Waals surface area contributed by atoms with Crippen molar-refractivity contribution in [2.24, 2.45) is 10.1 Å². The third-order valence-corrected chi connectivity index (χ3v) is 3.30. The predicted molar refractivity (Wildman–Crippen MR) is 73.8 cm³/mol. The lowest BCUT2D eigenvalue weighted by atomic mass is 9.94. The van der Waals surface area contributed by atoms with E-state index in [0.717, 1.165) is 5.56 Å². The summed E-state index contributed by atoms with van der Waals surface area (Å²) in [6.07, 6.45) is 0.325. The molecular weight excluding hydrogens is 260 g/mol. The van der Waals surface area contributed by atoms with Crippen molar-refractivity contribution in [2.75, 3.05) is 0 Å². The smallest absolute Gasteiger partial charge is 0.302 e. The van der Waals surface area contributed by atoms with Crippen molar-refractivity contribution < 1.29 is 8.42 Å². The van der Waals surface area contributed by atoms with E-state index in [1.807, 2.05) is 48.5 Å². The molecule has 2 aromatic rings. The number of hydrogen-bond donors (Lipinski definition) is 1. The molecule has 0 bridgehead atoms. The van der Waals surface area contributed by atoms with Crippen LogP contribution in [0.1, 0.15) is 11.1 Å². The van der Waals surface area contributed by atoms with Gasteiger partial charge in [0.2, 0.25) is 0 Å². The van der Waals surface area contributed by atoms with E-state index in [2.05, 4.69) is 4.36 Å². The van der Waals surface area contributed by atoms with Crippen LogP contribution in [0, 0.1) is 0 Å². The Kier molecular flexibility index (Phi) is 4.09. The van der Waals surface area contributed by atoms with E-state index in [4.69, 9.17) is 5.73 Å². The predicted octanol–water partition coefficient (Wildman–Crippen LogP) is 2.10. The zero-order valence-corrected chi connectivity index (χ0v) is 11.0. The molecule has 1 atom stereocenters. The van der Waals surface area contributed by atoms with Gasteiger partial charge in [0.05, 0.1) is 0 Å². The molecule has 2 rings (SSSR count). The van der Waals surface area contributed by atoms with E-state index in [9.17, 15) is 8.42 Å². The maximum Gasteiger partial charge on any atom is 0.313 e. The van der Waals surface area contributed by atoms with Crippen LogP contribution in [0.25, 0.3) is 0 Å². The van der Waals surface area contributed by atoms with Crippen LogP contribution in [-0.4, -0.2) is 8.42 Å². The maximum absolute atomic E-state index is 10.9. The Balaban J connectivity index is 2.45. The van der Waals surface area contributed by atoms with E-state index in [1.54, 1.807) is 12.1 Å². The lowest BCUT2D eigenvalue weighted by molar-refractivity contribution is 0.466. The van der Waals surface area contributed by atoms with Gasteiger partial charge in [-0.25, -0.2) is 0 Å². The monoisotopic (exact) mass is 274 g/mol. The quantitative estimate of drug-likeness (QED) is 0.928. The number of hydrogen-bond acceptors (Lipinski definition) is 4. The van der Waals surface area contributed by atoms with Gasteiger partial charge in [-0.2, -0.15) is 8.42 Å². The third-order valence-electron chi connectivity index (χ3n) is 2.83. The first kappa shape index (κ1) is 13.5. The van der Waals surface area contributed by atoms with Crippen LogP contribution in [0.3, 0.4) is 0 Å². The van der Waals surface area contributed by atoms with Gasteiger partial charge in [0, 0.05) is 6.42 Å². The molecule has 98 valence electrons. The van der Waals surface area contributed by atoms with Crippen molar-refractivity contribution in [1.82, 2.24) is 0 Å². The third kappa shape index (κ3) is 3.49. The highest BCUT2D eigenvalue weighted by molar-refractivity contribution is 7.61. The van der Waals surface area contributed by atoms with Crippen molar-refractivity contribution in [3.8, 4) is 0 Å². The topological polar surface area (TPSA) is 72.5 Å². The Labute approximate surface area is 113 Å². The molecule has 0 aliphatic carbocycles. The molecule has 0 spiro atoms. The second kappa shape index (κ2) is 5.77. The minimum atomic E-state index is -2.56. The van der Waals surface area contributed by atoms with Gasteiger partial charge in [-0.15, -0.1) is 4.36 Å². The summed E-state index contributed by atoms with van der Waals surface area (Å²) in [6, 6.07) is 18.5. The molecule has 5 heteroatoms. The fourth-order valence-corrected chi connectivity index (χ4v) is 2.39. The summed E-state index contributed by atoms with van der Waals surface area (Å²) in [6.45, 7) is 0. The van der Waals surface area contributed by atoms with Gasteiger partial charge in [-0.1, -0.05) is 60.7 Å². The average Bonchev–Trinajstić information content (AvgIpc) is 2.40. The molecule has 1 unspecified atom stereocenters. The van der Waals surface area contributed by atoms with Crippen LogP contribution in [0.4, 0.5) is 0 Å². The Morgan fingerprint density at radius 1 is 0.947 bits per heavy atom. The molecule has 0 saturated carbocycles. The van der Waals surface area contributed by atoms with E-state index >= 15 is 0 Å². The van der Waals surface area contributed by atoms with Gasteiger partial charge in [0.1, 0.15) is 0 Å². The van der Waals surface area contributed by atoms with Gasteiger partial charge < -0.3 is 5.73 Å². The molecule has 0 amide bonds. The first-order valence-electron chi connectivity index (χ1n) is 5.81. The number of nitrogens with two attached hydrogens (primary N) is 1. The van der Waals surface area contributed by atoms with E-state index in [1.165, 1.54) is 0 Å². The molecule has 2 aromatic carbocycles. The molecule has 0 saturated heterocycles. The van der Waals surface area contributed by atoms with Gasteiger partial charge in [-0.05, 0) is 11.1 Å². The van der Waals surface area contributed by atoms with Gasteiger partial charge in [0.15, 0.2) is 5.66 Å². The second-order valence-electron chi connectivity index (χ2n) is 4.26. The fraction of sp³-hybridized carbons (Fsp3) is 0.143. The summed E-state index contributed by atoms with van der Waals surface area (Å²) in [5.41, 5.74) is 6.53. The molecule has 0 radical (unpaired) electrons. The minimum absolute atomic E-state index is 0.325. The van der Waals surface area contributed by atoms with E-state index in [-0.39, 0.29) is 0 Å². The summed E-state index contributed by atoms with van der Waals surface area (Å²) >= 11 is 0. The molecular formula is C14H14N2O2S. The van der Waals surface area contributed by atoms with Gasteiger partial charge in [-0.3, -0.25) is 0 Å². The molecule has 0 aliphatic heterocycles. The number of benzene rings is 2. The van der Waals surface area contributed by atoms with Crippen LogP contribution < -0.4 is 5.73 Å². The number of nitrogens with zero attached hydrogens (tertiary/aromatic N) is 1. The fourth-order valence-electron chi connectivity index (χ4n) is 1.95. The highest BCUT2D eigenvalue weighted by atomic mass is 32.2. The van der Waals surface area contributed by atoms with Crippen LogP contribution in [0.15, 0.2) is 65.0 Å². The molecule has 2 N–H and O–H groups in total. The Bertz CT molecular complexity index is 661. The SMILES string of the molecule is NC(Cc1ccccc1)(N=S(=O)=O)c1ccccc1. The van der Waals surface area contributed by atoms with Crippen LogP contribution in [0.2, 0.25) is 0 Å². The molecule has 4 nitrogen and oxygen atoms in total. The normalized spacial score (nSPS) is 13.5. The maximum atomic E-state index is 10.9. The lowest BCUT2D eigenvalue weighted by Crippen LogP contribution is -2.36. The first-order chi connectivity index (χ1) is 9.10. The largest absolute Gasteiger partial charge is 0.313 e. The summed E-state index contributed by atoms with van der Waals surface area (Å²) in [4.78, 5) is 0. The Morgan fingerprint density at radius 3 is 2.00 bits per heavy atom. The number of rotatable bonds is 4. The summed E-state index contributed by atoms with van der Waals surface area (Å²) in [5.74, 6) is 0.